The Bertz CT molecular complexity index is 41.8. The molecule has 0 N–H and O–H groups in total. The molecule has 0 saturated heterocycles. The fraction of sp³-hybridized carbons (Fsp3) is 1.00. The molecule has 0 bridgehead atoms. The molecule has 0 aromatic rings. The quantitative estimate of drug-likeness (QED) is 0.588. The van der Waals surface area contributed by atoms with E-state index in [9.17, 15) is 4.39 Å². The van der Waals surface area contributed by atoms with Crippen molar-refractivity contribution in [2.75, 3.05) is 5.33 Å². The molecule has 0 fully saturated rings. The predicted octanol–water partition coefficient (Wildman–Crippen LogP) is 2.91. The third kappa shape index (κ3) is 4.57. The molecule has 0 saturated carbocycles. The maximum atomic E-state index is 12.4. The number of alkyl halides is 2. The predicted molar refractivity (Wildman–Crippen MR) is 38.2 cm³/mol. The highest BCUT2D eigenvalue weighted by atomic mass is 79.9. The van der Waals surface area contributed by atoms with Crippen LogP contribution in [0.3, 0.4) is 0 Å². The van der Waals surface area contributed by atoms with E-state index in [-0.39, 0.29) is 0 Å². The summed E-state index contributed by atoms with van der Waals surface area (Å²) in [6.45, 7) is 2.00. The Kier molecular flexibility index (Phi) is 5.83. The van der Waals surface area contributed by atoms with E-state index >= 15 is 0 Å². The second-order valence-corrected chi connectivity index (χ2v) is 2.66. The first-order chi connectivity index (χ1) is 3.81. The lowest BCUT2D eigenvalue weighted by atomic mass is 10.2. The Morgan fingerprint density at radius 1 is 1.50 bits per heavy atom. The van der Waals surface area contributed by atoms with Crippen LogP contribution in [0.25, 0.3) is 0 Å². The van der Waals surface area contributed by atoms with Gasteiger partial charge >= 0.3 is 0 Å². The van der Waals surface area contributed by atoms with Crippen molar-refractivity contribution in [2.24, 2.45) is 0 Å². The molecular formula is C6H12BrF. The molecule has 2 heteroatoms. The van der Waals surface area contributed by atoms with E-state index in [2.05, 4.69) is 15.9 Å². The summed E-state index contributed by atoms with van der Waals surface area (Å²) >= 11 is 3.18. The van der Waals surface area contributed by atoms with E-state index in [1.54, 1.807) is 0 Å². The van der Waals surface area contributed by atoms with Crippen LogP contribution >= 0.6 is 15.9 Å². The van der Waals surface area contributed by atoms with Crippen molar-refractivity contribution < 1.29 is 4.39 Å². The van der Waals surface area contributed by atoms with E-state index in [4.69, 9.17) is 0 Å². The Morgan fingerprint density at radius 3 is 2.50 bits per heavy atom. The van der Waals surface area contributed by atoms with Crippen LogP contribution in [0.15, 0.2) is 0 Å². The third-order valence-electron chi connectivity index (χ3n) is 1.02. The Hall–Kier alpha value is 0.410. The second-order valence-electron chi connectivity index (χ2n) is 1.86. The van der Waals surface area contributed by atoms with Gasteiger partial charge in [-0.05, 0) is 12.8 Å². The molecule has 0 rings (SSSR count). The van der Waals surface area contributed by atoms with Gasteiger partial charge in [-0.25, -0.2) is 4.39 Å². The first kappa shape index (κ1) is 8.41. The van der Waals surface area contributed by atoms with E-state index in [1.807, 2.05) is 6.92 Å². The van der Waals surface area contributed by atoms with Crippen molar-refractivity contribution in [1.29, 1.82) is 0 Å². The van der Waals surface area contributed by atoms with Crippen molar-refractivity contribution in [3.8, 4) is 0 Å². The van der Waals surface area contributed by atoms with E-state index < -0.39 is 6.17 Å². The van der Waals surface area contributed by atoms with Gasteiger partial charge in [-0.2, -0.15) is 0 Å². The molecule has 0 aliphatic carbocycles. The molecule has 0 aromatic carbocycles. The summed E-state index contributed by atoms with van der Waals surface area (Å²) in [7, 11) is 0. The normalized spacial score (nSPS) is 13.9. The highest BCUT2D eigenvalue weighted by Crippen LogP contribution is 2.06. The van der Waals surface area contributed by atoms with E-state index in [0.29, 0.717) is 12.8 Å². The van der Waals surface area contributed by atoms with Crippen molar-refractivity contribution in [1.82, 2.24) is 0 Å². The fourth-order valence-corrected chi connectivity index (χ4v) is 1.07. The topological polar surface area (TPSA) is 0 Å². The highest BCUT2D eigenvalue weighted by molar-refractivity contribution is 9.09. The maximum absolute atomic E-state index is 12.4. The third-order valence-corrected chi connectivity index (χ3v) is 1.48. The first-order valence-corrected chi connectivity index (χ1v) is 4.13. The number of halogens is 2. The Balaban J connectivity index is 2.92. The summed E-state index contributed by atoms with van der Waals surface area (Å²) in [5.74, 6) is 0. The van der Waals surface area contributed by atoms with Crippen LogP contribution in [0, 0.1) is 0 Å². The molecule has 8 heavy (non-hydrogen) atoms. The van der Waals surface area contributed by atoms with Gasteiger partial charge < -0.3 is 0 Å². The number of rotatable bonds is 4. The zero-order valence-corrected chi connectivity index (χ0v) is 6.75. The van der Waals surface area contributed by atoms with Crippen molar-refractivity contribution in [2.45, 2.75) is 32.4 Å². The van der Waals surface area contributed by atoms with Gasteiger partial charge in [0.15, 0.2) is 0 Å². The van der Waals surface area contributed by atoms with Crippen LogP contribution in [-0.2, 0) is 0 Å². The van der Waals surface area contributed by atoms with Gasteiger partial charge in [0.2, 0.25) is 0 Å². The average Bonchev–Trinajstić information content (AvgIpc) is 1.68. The second kappa shape index (κ2) is 5.54. The lowest BCUT2D eigenvalue weighted by Crippen LogP contribution is -1.98. The fourth-order valence-electron chi connectivity index (χ4n) is 0.576. The monoisotopic (exact) mass is 182 g/mol. The van der Waals surface area contributed by atoms with Gasteiger partial charge in [-0.1, -0.05) is 29.3 Å². The van der Waals surface area contributed by atoms with Crippen LogP contribution in [0.2, 0.25) is 0 Å². The lowest BCUT2D eigenvalue weighted by Gasteiger charge is -2.00. The van der Waals surface area contributed by atoms with Crippen LogP contribution in [0.5, 0.6) is 0 Å². The molecule has 50 valence electrons. The van der Waals surface area contributed by atoms with Gasteiger partial charge in [0.05, 0.1) is 0 Å². The molecule has 0 nitrogen and oxygen atoms in total. The standard InChI is InChI=1S/C6H12BrF/c1-2-3-6(8)4-5-7/h6H,2-5H2,1H3. The lowest BCUT2D eigenvalue weighted by molar-refractivity contribution is 0.306. The van der Waals surface area contributed by atoms with E-state index in [0.717, 1.165) is 11.8 Å². The smallest absolute Gasteiger partial charge is 0.101 e. The maximum Gasteiger partial charge on any atom is 0.101 e. The van der Waals surface area contributed by atoms with Crippen LogP contribution in [0.1, 0.15) is 26.2 Å². The molecule has 1 unspecified atom stereocenters. The average molecular weight is 183 g/mol. The van der Waals surface area contributed by atoms with Gasteiger partial charge in [-0.15, -0.1) is 0 Å². The van der Waals surface area contributed by atoms with Crippen LogP contribution < -0.4 is 0 Å². The molecule has 0 amide bonds. The minimum Gasteiger partial charge on any atom is -0.247 e. The summed E-state index contributed by atoms with van der Waals surface area (Å²) < 4.78 is 12.4. The molecule has 0 aromatic heterocycles. The molecule has 0 spiro atoms. The Labute approximate surface area is 58.6 Å². The summed E-state index contributed by atoms with van der Waals surface area (Å²) in [6, 6.07) is 0. The van der Waals surface area contributed by atoms with Gasteiger partial charge in [-0.3, -0.25) is 0 Å². The zero-order valence-electron chi connectivity index (χ0n) is 5.16. The van der Waals surface area contributed by atoms with Crippen molar-refractivity contribution in [3.05, 3.63) is 0 Å². The number of hydrogen-bond acceptors (Lipinski definition) is 0. The summed E-state index contributed by atoms with van der Waals surface area (Å²) in [5, 5.41) is 0.786. The molecule has 0 heterocycles. The molecule has 0 aliphatic rings. The molecule has 0 aliphatic heterocycles. The van der Waals surface area contributed by atoms with Gasteiger partial charge in [0.25, 0.3) is 0 Å². The van der Waals surface area contributed by atoms with Gasteiger partial charge in [0.1, 0.15) is 6.17 Å². The SMILES string of the molecule is CCCC(F)CCBr. The summed E-state index contributed by atoms with van der Waals surface area (Å²) in [4.78, 5) is 0. The Morgan fingerprint density at radius 2 is 2.12 bits per heavy atom. The van der Waals surface area contributed by atoms with Crippen LogP contribution in [0.4, 0.5) is 4.39 Å². The molecular weight excluding hydrogens is 171 g/mol. The summed E-state index contributed by atoms with van der Waals surface area (Å²) in [6.07, 6.45) is 1.74. The van der Waals surface area contributed by atoms with Crippen molar-refractivity contribution in [3.63, 3.8) is 0 Å². The number of hydrogen-bond donors (Lipinski definition) is 0. The van der Waals surface area contributed by atoms with Gasteiger partial charge in [0, 0.05) is 5.33 Å². The minimum atomic E-state index is -0.584. The first-order valence-electron chi connectivity index (χ1n) is 3.01. The molecule has 0 radical (unpaired) electrons. The van der Waals surface area contributed by atoms with Crippen molar-refractivity contribution >= 4 is 15.9 Å². The minimum absolute atomic E-state index is 0.584. The largest absolute Gasteiger partial charge is 0.247 e. The highest BCUT2D eigenvalue weighted by Gasteiger charge is 2.01. The summed E-state index contributed by atoms with van der Waals surface area (Å²) in [5.41, 5.74) is 0. The zero-order chi connectivity index (χ0) is 6.41. The molecule has 1 atom stereocenters. The van der Waals surface area contributed by atoms with E-state index in [1.165, 1.54) is 0 Å². The van der Waals surface area contributed by atoms with Crippen LogP contribution in [-0.4, -0.2) is 11.5 Å².